The molecule has 1 aromatic carbocycles. The van der Waals surface area contributed by atoms with E-state index in [1.165, 1.54) is 0 Å². The maximum atomic E-state index is 12.3. The van der Waals surface area contributed by atoms with Crippen LogP contribution in [-0.4, -0.2) is 15.5 Å². The molecule has 5 heteroatoms. The number of hydrogen-bond donors (Lipinski definition) is 2. The van der Waals surface area contributed by atoms with Crippen molar-refractivity contribution < 1.29 is 4.79 Å². The number of nitrogens with one attached hydrogen (secondary N) is 1. The first-order valence-electron chi connectivity index (χ1n) is 6.74. The molecule has 5 nitrogen and oxygen atoms in total. The van der Waals surface area contributed by atoms with E-state index in [9.17, 15) is 4.79 Å². The van der Waals surface area contributed by atoms with Crippen molar-refractivity contribution in [3.8, 4) is 0 Å². The molecule has 0 spiro atoms. The van der Waals surface area contributed by atoms with Gasteiger partial charge in [0, 0.05) is 17.9 Å². The van der Waals surface area contributed by atoms with Crippen molar-refractivity contribution in [2.24, 2.45) is 5.73 Å². The van der Waals surface area contributed by atoms with Gasteiger partial charge in [-0.25, -0.2) is 4.52 Å². The summed E-state index contributed by atoms with van der Waals surface area (Å²) in [6.45, 7) is 1.92. The van der Waals surface area contributed by atoms with Gasteiger partial charge in [0.15, 0.2) is 0 Å². The highest BCUT2D eigenvalue weighted by Gasteiger charge is 2.12. The zero-order chi connectivity index (χ0) is 14.8. The van der Waals surface area contributed by atoms with Gasteiger partial charge in [0.25, 0.3) is 5.91 Å². The zero-order valence-corrected chi connectivity index (χ0v) is 11.7. The predicted molar refractivity (Wildman–Crippen MR) is 82.2 cm³/mol. The molecule has 1 atom stereocenters. The van der Waals surface area contributed by atoms with Gasteiger partial charge in [-0.1, -0.05) is 18.2 Å². The van der Waals surface area contributed by atoms with Crippen LogP contribution < -0.4 is 11.1 Å². The lowest BCUT2D eigenvalue weighted by molar-refractivity contribution is 0.102. The first kappa shape index (κ1) is 13.3. The fourth-order valence-electron chi connectivity index (χ4n) is 2.18. The molecule has 1 amide bonds. The minimum absolute atomic E-state index is 0.0191. The fourth-order valence-corrected chi connectivity index (χ4v) is 2.18. The Morgan fingerprint density at radius 2 is 2.00 bits per heavy atom. The Kier molecular flexibility index (Phi) is 3.41. The van der Waals surface area contributed by atoms with E-state index >= 15 is 0 Å². The number of pyridine rings is 1. The topological polar surface area (TPSA) is 72.4 Å². The second kappa shape index (κ2) is 5.38. The summed E-state index contributed by atoms with van der Waals surface area (Å²) in [6.07, 6.45) is 3.38. The van der Waals surface area contributed by atoms with E-state index in [2.05, 4.69) is 10.4 Å². The molecule has 0 aliphatic carbocycles. The Morgan fingerprint density at radius 1 is 1.24 bits per heavy atom. The third-order valence-corrected chi connectivity index (χ3v) is 3.37. The molecule has 0 saturated carbocycles. The van der Waals surface area contributed by atoms with Crippen LogP contribution in [0.2, 0.25) is 0 Å². The standard InChI is InChI=1S/C16H16N4O/c1-11(17)12-5-7-13(8-6-12)19-16(21)14-10-18-20-9-3-2-4-15(14)20/h2-11H,17H2,1H3,(H,19,21). The number of benzene rings is 1. The number of rotatable bonds is 3. The average molecular weight is 280 g/mol. The number of fused-ring (bicyclic) bond motifs is 1. The molecule has 21 heavy (non-hydrogen) atoms. The number of aromatic nitrogens is 2. The number of amides is 1. The highest BCUT2D eigenvalue weighted by Crippen LogP contribution is 2.16. The Balaban J connectivity index is 1.83. The van der Waals surface area contributed by atoms with Gasteiger partial charge in [0.1, 0.15) is 0 Å². The van der Waals surface area contributed by atoms with Crippen molar-refractivity contribution in [3.05, 3.63) is 66.0 Å². The quantitative estimate of drug-likeness (QED) is 0.774. The van der Waals surface area contributed by atoms with Gasteiger partial charge in [0.2, 0.25) is 0 Å². The van der Waals surface area contributed by atoms with Crippen LogP contribution in [0.4, 0.5) is 5.69 Å². The summed E-state index contributed by atoms with van der Waals surface area (Å²) in [6, 6.07) is 13.1. The van der Waals surface area contributed by atoms with Crippen LogP contribution in [0.5, 0.6) is 0 Å². The van der Waals surface area contributed by atoms with E-state index in [0.29, 0.717) is 5.56 Å². The molecule has 0 aliphatic heterocycles. The molecule has 0 saturated heterocycles. The van der Waals surface area contributed by atoms with E-state index in [-0.39, 0.29) is 11.9 Å². The molecule has 1 unspecified atom stereocenters. The Labute approximate surface area is 122 Å². The van der Waals surface area contributed by atoms with Gasteiger partial charge in [-0.2, -0.15) is 5.10 Å². The summed E-state index contributed by atoms with van der Waals surface area (Å²) in [7, 11) is 0. The van der Waals surface area contributed by atoms with E-state index < -0.39 is 0 Å². The molecule has 2 aromatic heterocycles. The average Bonchev–Trinajstić information content (AvgIpc) is 2.92. The smallest absolute Gasteiger partial charge is 0.259 e. The minimum atomic E-state index is -0.176. The largest absolute Gasteiger partial charge is 0.324 e. The molecule has 2 heterocycles. The Morgan fingerprint density at radius 3 is 2.71 bits per heavy atom. The van der Waals surface area contributed by atoms with Crippen molar-refractivity contribution in [3.63, 3.8) is 0 Å². The first-order chi connectivity index (χ1) is 10.1. The van der Waals surface area contributed by atoms with Crippen LogP contribution in [0.15, 0.2) is 54.9 Å². The van der Waals surface area contributed by atoms with Crippen LogP contribution in [0.1, 0.15) is 28.9 Å². The van der Waals surface area contributed by atoms with Gasteiger partial charge < -0.3 is 11.1 Å². The van der Waals surface area contributed by atoms with Crippen LogP contribution in [0.3, 0.4) is 0 Å². The molecule has 0 radical (unpaired) electrons. The van der Waals surface area contributed by atoms with Crippen molar-refractivity contribution >= 4 is 17.1 Å². The maximum absolute atomic E-state index is 12.3. The number of carbonyl (C=O) groups is 1. The Hall–Kier alpha value is -2.66. The number of hydrogen-bond acceptors (Lipinski definition) is 3. The molecule has 106 valence electrons. The lowest BCUT2D eigenvalue weighted by Gasteiger charge is -2.08. The summed E-state index contributed by atoms with van der Waals surface area (Å²) in [4.78, 5) is 12.3. The number of nitrogens with zero attached hydrogens (tertiary/aromatic N) is 2. The number of anilines is 1. The predicted octanol–water partition coefficient (Wildman–Crippen LogP) is 2.61. The van der Waals surface area contributed by atoms with Gasteiger partial charge in [0.05, 0.1) is 17.3 Å². The summed E-state index contributed by atoms with van der Waals surface area (Å²) in [5, 5.41) is 7.03. The molecule has 3 rings (SSSR count). The van der Waals surface area contributed by atoms with E-state index in [4.69, 9.17) is 5.73 Å². The summed E-state index contributed by atoms with van der Waals surface area (Å²) in [5.74, 6) is -0.176. The van der Waals surface area contributed by atoms with Crippen molar-refractivity contribution in [1.82, 2.24) is 9.61 Å². The van der Waals surface area contributed by atoms with Crippen molar-refractivity contribution in [1.29, 1.82) is 0 Å². The van der Waals surface area contributed by atoms with Gasteiger partial charge in [-0.3, -0.25) is 4.79 Å². The third kappa shape index (κ3) is 2.64. The van der Waals surface area contributed by atoms with Crippen molar-refractivity contribution in [2.45, 2.75) is 13.0 Å². The van der Waals surface area contributed by atoms with Crippen LogP contribution >= 0.6 is 0 Å². The third-order valence-electron chi connectivity index (χ3n) is 3.37. The first-order valence-corrected chi connectivity index (χ1v) is 6.74. The molecule has 0 fully saturated rings. The summed E-state index contributed by atoms with van der Waals surface area (Å²) < 4.78 is 1.67. The molecular weight excluding hydrogens is 264 g/mol. The lowest BCUT2D eigenvalue weighted by Crippen LogP contribution is -2.12. The van der Waals surface area contributed by atoms with Crippen LogP contribution in [-0.2, 0) is 0 Å². The second-order valence-electron chi connectivity index (χ2n) is 4.95. The van der Waals surface area contributed by atoms with Crippen LogP contribution in [0, 0.1) is 0 Å². The van der Waals surface area contributed by atoms with Gasteiger partial charge >= 0.3 is 0 Å². The molecular formula is C16H16N4O. The molecule has 0 bridgehead atoms. The Bertz CT molecular complexity index is 774. The maximum Gasteiger partial charge on any atom is 0.259 e. The van der Waals surface area contributed by atoms with Gasteiger partial charge in [-0.05, 0) is 36.8 Å². The SMILES string of the molecule is CC(N)c1ccc(NC(=O)c2cnn3ccccc23)cc1. The highest BCUT2D eigenvalue weighted by atomic mass is 16.1. The van der Waals surface area contributed by atoms with E-state index in [0.717, 1.165) is 16.8 Å². The summed E-state index contributed by atoms with van der Waals surface area (Å²) in [5.41, 5.74) is 8.90. The second-order valence-corrected chi connectivity index (χ2v) is 4.95. The van der Waals surface area contributed by atoms with Crippen molar-refractivity contribution in [2.75, 3.05) is 5.32 Å². The number of nitrogens with two attached hydrogens (primary N) is 1. The van der Waals surface area contributed by atoms with E-state index in [1.807, 2.05) is 55.6 Å². The lowest BCUT2D eigenvalue weighted by atomic mass is 10.1. The van der Waals surface area contributed by atoms with Crippen LogP contribution in [0.25, 0.3) is 5.52 Å². The molecule has 3 N–H and O–H groups in total. The molecule has 3 aromatic rings. The minimum Gasteiger partial charge on any atom is -0.324 e. The highest BCUT2D eigenvalue weighted by molar-refractivity contribution is 6.08. The number of carbonyl (C=O) groups excluding carboxylic acids is 1. The fraction of sp³-hybridized carbons (Fsp3) is 0.125. The zero-order valence-electron chi connectivity index (χ0n) is 11.7. The normalized spacial score (nSPS) is 12.3. The molecule has 0 aliphatic rings. The monoisotopic (exact) mass is 280 g/mol. The summed E-state index contributed by atoms with van der Waals surface area (Å²) >= 11 is 0. The van der Waals surface area contributed by atoms with E-state index in [1.54, 1.807) is 10.7 Å². The van der Waals surface area contributed by atoms with Gasteiger partial charge in [-0.15, -0.1) is 0 Å².